The molecule has 0 heterocycles. The number of nitrogens with one attached hydrogen (secondary N) is 2. The molecule has 0 atom stereocenters. The molecule has 0 aliphatic rings. The molecule has 0 bridgehead atoms. The van der Waals surface area contributed by atoms with Crippen molar-refractivity contribution >= 4 is 55.6 Å². The lowest BCUT2D eigenvalue weighted by Crippen LogP contribution is -2.34. The molecule has 5 nitrogen and oxygen atoms in total. The van der Waals surface area contributed by atoms with Crippen LogP contribution in [0.25, 0.3) is 10.8 Å². The highest BCUT2D eigenvalue weighted by Gasteiger charge is 2.11. The topological polar surface area (TPSA) is 59.6 Å². The van der Waals surface area contributed by atoms with Crippen molar-refractivity contribution in [3.8, 4) is 5.75 Å². The number of thiocarbonyl (C=S) groups is 1. The second-order valence-corrected chi connectivity index (χ2v) is 7.22. The Bertz CT molecular complexity index is 1010. The van der Waals surface area contributed by atoms with E-state index in [1.54, 1.807) is 25.3 Å². The Morgan fingerprint density at radius 1 is 1.04 bits per heavy atom. The summed E-state index contributed by atoms with van der Waals surface area (Å²) in [6.45, 7) is 0.920. The first kappa shape index (κ1) is 20.3. The van der Waals surface area contributed by atoms with Gasteiger partial charge in [-0.15, -0.1) is 0 Å². The fourth-order valence-electron chi connectivity index (χ4n) is 2.60. The van der Waals surface area contributed by atoms with Gasteiger partial charge >= 0.3 is 0 Å². The summed E-state index contributed by atoms with van der Waals surface area (Å²) in [7, 11) is 1.61. The number of rotatable bonds is 6. The highest BCUT2D eigenvalue weighted by molar-refractivity contribution is 9.10. The molecule has 0 radical (unpaired) electrons. The SMILES string of the molecule is COCCOc1ccc(C(=O)NC(=S)Nc2ccc3ccccc3c2)cc1Br. The summed E-state index contributed by atoms with van der Waals surface area (Å²) >= 11 is 8.69. The van der Waals surface area contributed by atoms with Gasteiger partial charge in [0.05, 0.1) is 11.1 Å². The molecule has 1 amide bonds. The summed E-state index contributed by atoms with van der Waals surface area (Å²) < 4.78 is 11.2. The number of methoxy groups -OCH3 is 1. The number of amides is 1. The van der Waals surface area contributed by atoms with E-state index < -0.39 is 0 Å². The first-order valence-electron chi connectivity index (χ1n) is 8.59. The van der Waals surface area contributed by atoms with Crippen LogP contribution in [0, 0.1) is 0 Å². The van der Waals surface area contributed by atoms with Crippen molar-refractivity contribution in [3.63, 3.8) is 0 Å². The quantitative estimate of drug-likeness (QED) is 0.412. The summed E-state index contributed by atoms with van der Waals surface area (Å²) in [5.74, 6) is 0.341. The summed E-state index contributed by atoms with van der Waals surface area (Å²) in [5.41, 5.74) is 1.28. The minimum Gasteiger partial charge on any atom is -0.490 e. The van der Waals surface area contributed by atoms with Crippen LogP contribution in [-0.2, 0) is 4.74 Å². The Labute approximate surface area is 177 Å². The van der Waals surface area contributed by atoms with Crippen LogP contribution in [0.15, 0.2) is 65.1 Å². The lowest BCUT2D eigenvalue weighted by Gasteiger charge is -2.12. The molecule has 28 heavy (non-hydrogen) atoms. The number of carbonyl (C=O) groups is 1. The molecule has 0 aromatic heterocycles. The van der Waals surface area contributed by atoms with Crippen LogP contribution >= 0.6 is 28.1 Å². The van der Waals surface area contributed by atoms with Crippen LogP contribution in [0.2, 0.25) is 0 Å². The molecule has 0 spiro atoms. The minimum absolute atomic E-state index is 0.233. The van der Waals surface area contributed by atoms with Crippen molar-refractivity contribution in [1.82, 2.24) is 5.32 Å². The Morgan fingerprint density at radius 3 is 2.57 bits per heavy atom. The van der Waals surface area contributed by atoms with Gasteiger partial charge in [0.2, 0.25) is 0 Å². The average molecular weight is 459 g/mol. The second-order valence-electron chi connectivity index (χ2n) is 5.96. The van der Waals surface area contributed by atoms with E-state index in [0.29, 0.717) is 29.0 Å². The van der Waals surface area contributed by atoms with Crippen molar-refractivity contribution in [1.29, 1.82) is 0 Å². The number of carbonyl (C=O) groups excluding carboxylic acids is 1. The highest BCUT2D eigenvalue weighted by Crippen LogP contribution is 2.26. The van der Waals surface area contributed by atoms with Gasteiger partial charge in [-0.1, -0.05) is 30.3 Å². The number of fused-ring (bicyclic) bond motifs is 1. The second kappa shape index (κ2) is 9.64. The van der Waals surface area contributed by atoms with E-state index in [0.717, 1.165) is 16.5 Å². The Kier molecular flexibility index (Phi) is 6.97. The standard InChI is InChI=1S/C21H19BrN2O3S/c1-26-10-11-27-19-9-7-16(13-18(19)22)20(25)24-21(28)23-17-8-6-14-4-2-3-5-15(14)12-17/h2-9,12-13H,10-11H2,1H3,(H2,23,24,25,28). The molecule has 3 rings (SSSR count). The molecule has 0 fully saturated rings. The van der Waals surface area contributed by atoms with Crippen LogP contribution in [0.1, 0.15) is 10.4 Å². The van der Waals surface area contributed by atoms with Crippen molar-refractivity contribution < 1.29 is 14.3 Å². The minimum atomic E-state index is -0.303. The van der Waals surface area contributed by atoms with E-state index in [-0.39, 0.29) is 11.0 Å². The maximum absolute atomic E-state index is 12.5. The fourth-order valence-corrected chi connectivity index (χ4v) is 3.30. The number of halogens is 1. The predicted octanol–water partition coefficient (Wildman–Crippen LogP) is 4.75. The van der Waals surface area contributed by atoms with Crippen LogP contribution in [0.5, 0.6) is 5.75 Å². The zero-order valence-electron chi connectivity index (χ0n) is 15.2. The summed E-state index contributed by atoms with van der Waals surface area (Å²) in [6, 6.07) is 19.0. The third-order valence-electron chi connectivity index (χ3n) is 3.97. The van der Waals surface area contributed by atoms with Crippen molar-refractivity contribution in [2.75, 3.05) is 25.6 Å². The molecule has 0 aliphatic carbocycles. The molecule has 0 aliphatic heterocycles. The molecule has 144 valence electrons. The number of hydrogen-bond donors (Lipinski definition) is 2. The molecular formula is C21H19BrN2O3S. The van der Waals surface area contributed by atoms with Crippen LogP contribution in [0.3, 0.4) is 0 Å². The number of anilines is 1. The monoisotopic (exact) mass is 458 g/mol. The first-order chi connectivity index (χ1) is 13.6. The van der Waals surface area contributed by atoms with Crippen molar-refractivity contribution in [2.45, 2.75) is 0 Å². The zero-order valence-corrected chi connectivity index (χ0v) is 17.6. The van der Waals surface area contributed by atoms with Crippen LogP contribution < -0.4 is 15.4 Å². The van der Waals surface area contributed by atoms with Gasteiger partial charge in [-0.25, -0.2) is 0 Å². The van der Waals surface area contributed by atoms with Gasteiger partial charge in [-0.2, -0.15) is 0 Å². The normalized spacial score (nSPS) is 10.5. The lowest BCUT2D eigenvalue weighted by atomic mass is 10.1. The van der Waals surface area contributed by atoms with E-state index in [9.17, 15) is 4.79 Å². The Morgan fingerprint density at radius 2 is 1.82 bits per heavy atom. The number of hydrogen-bond acceptors (Lipinski definition) is 4. The Balaban J connectivity index is 1.61. The predicted molar refractivity (Wildman–Crippen MR) is 119 cm³/mol. The molecule has 2 N–H and O–H groups in total. The smallest absolute Gasteiger partial charge is 0.257 e. The molecule has 0 unspecified atom stereocenters. The molecule has 0 saturated heterocycles. The zero-order chi connectivity index (χ0) is 19.9. The third-order valence-corrected chi connectivity index (χ3v) is 4.80. The van der Waals surface area contributed by atoms with E-state index in [4.69, 9.17) is 21.7 Å². The lowest BCUT2D eigenvalue weighted by molar-refractivity contribution is 0.0977. The van der Waals surface area contributed by atoms with E-state index in [1.807, 2.05) is 42.5 Å². The van der Waals surface area contributed by atoms with Crippen LogP contribution in [0.4, 0.5) is 5.69 Å². The van der Waals surface area contributed by atoms with Gasteiger partial charge in [0.15, 0.2) is 5.11 Å². The average Bonchev–Trinajstić information content (AvgIpc) is 2.69. The number of ether oxygens (including phenoxy) is 2. The van der Waals surface area contributed by atoms with Gasteiger partial charge in [-0.3, -0.25) is 10.1 Å². The number of benzene rings is 3. The van der Waals surface area contributed by atoms with Gasteiger partial charge < -0.3 is 14.8 Å². The largest absolute Gasteiger partial charge is 0.490 e. The highest BCUT2D eigenvalue weighted by atomic mass is 79.9. The maximum atomic E-state index is 12.5. The summed E-state index contributed by atoms with van der Waals surface area (Å²) in [6.07, 6.45) is 0. The van der Waals surface area contributed by atoms with E-state index >= 15 is 0 Å². The van der Waals surface area contributed by atoms with Crippen molar-refractivity contribution in [3.05, 3.63) is 70.7 Å². The van der Waals surface area contributed by atoms with Gasteiger partial charge in [0.1, 0.15) is 12.4 Å². The molecule has 0 saturated carbocycles. The van der Waals surface area contributed by atoms with Gasteiger partial charge in [0.25, 0.3) is 5.91 Å². The van der Waals surface area contributed by atoms with E-state index in [2.05, 4.69) is 26.6 Å². The van der Waals surface area contributed by atoms with Crippen LogP contribution in [-0.4, -0.2) is 31.3 Å². The maximum Gasteiger partial charge on any atom is 0.257 e. The molecule has 3 aromatic carbocycles. The third kappa shape index (κ3) is 5.28. The molecule has 3 aromatic rings. The van der Waals surface area contributed by atoms with E-state index in [1.165, 1.54) is 0 Å². The summed E-state index contributed by atoms with van der Waals surface area (Å²) in [5, 5.41) is 8.20. The first-order valence-corrected chi connectivity index (χ1v) is 9.79. The molecular weight excluding hydrogens is 440 g/mol. The van der Waals surface area contributed by atoms with Gasteiger partial charge in [-0.05, 0) is 69.3 Å². The fraction of sp³-hybridized carbons (Fsp3) is 0.143. The van der Waals surface area contributed by atoms with Crippen molar-refractivity contribution in [2.24, 2.45) is 0 Å². The van der Waals surface area contributed by atoms with Gasteiger partial charge in [0, 0.05) is 18.4 Å². The Hall–Kier alpha value is -2.48. The molecule has 7 heteroatoms. The summed E-state index contributed by atoms with van der Waals surface area (Å²) in [4.78, 5) is 12.5.